The summed E-state index contributed by atoms with van der Waals surface area (Å²) in [4.78, 5) is 23.7. The maximum Gasteiger partial charge on any atom is 0.256 e. The number of aryl methyl sites for hydroxylation is 1. The molecule has 7 heteroatoms. The highest BCUT2D eigenvalue weighted by Gasteiger charge is 2.11. The van der Waals surface area contributed by atoms with Gasteiger partial charge in [0, 0.05) is 11.6 Å². The van der Waals surface area contributed by atoms with E-state index in [-0.39, 0.29) is 5.82 Å². The maximum atomic E-state index is 13.3. The highest BCUT2D eigenvalue weighted by Crippen LogP contribution is 2.23. The number of hydrogen-bond donors (Lipinski definition) is 1. The Morgan fingerprint density at radius 2 is 2.00 bits per heavy atom. The lowest BCUT2D eigenvalue weighted by molar-refractivity contribution is 0.0965. The van der Waals surface area contributed by atoms with Crippen molar-refractivity contribution in [3.8, 4) is 11.5 Å². The molecule has 0 saturated carbocycles. The lowest BCUT2D eigenvalue weighted by Crippen LogP contribution is -2.22. The molecule has 1 N–H and O–H groups in total. The molecule has 1 aromatic carbocycles. The number of carbonyl (C=O) groups is 1. The van der Waals surface area contributed by atoms with Crippen LogP contribution in [-0.4, -0.2) is 22.6 Å². The van der Waals surface area contributed by atoms with E-state index in [4.69, 9.17) is 4.74 Å². The highest BCUT2D eigenvalue weighted by molar-refractivity contribution is 5.96. The van der Waals surface area contributed by atoms with Crippen LogP contribution in [0, 0.1) is 6.92 Å². The molecule has 0 spiro atoms. The van der Waals surface area contributed by atoms with Crippen LogP contribution in [0.2, 0.25) is 0 Å². The van der Waals surface area contributed by atoms with E-state index in [9.17, 15) is 9.18 Å². The second kappa shape index (κ2) is 8.49. The van der Waals surface area contributed by atoms with Crippen LogP contribution in [0.15, 0.2) is 65.7 Å². The van der Waals surface area contributed by atoms with Gasteiger partial charge < -0.3 is 10.1 Å². The van der Waals surface area contributed by atoms with E-state index in [2.05, 4.69) is 27.0 Å². The summed E-state index contributed by atoms with van der Waals surface area (Å²) in [6.45, 7) is 6.68. The van der Waals surface area contributed by atoms with Crippen molar-refractivity contribution in [3.05, 3.63) is 71.8 Å². The monoisotopic (exact) mass is 340 g/mol. The first-order valence-corrected chi connectivity index (χ1v) is 7.38. The van der Waals surface area contributed by atoms with Crippen LogP contribution in [0.5, 0.6) is 11.5 Å². The summed E-state index contributed by atoms with van der Waals surface area (Å²) < 4.78 is 18.9. The number of ether oxygens (including phenoxy) is 1. The Labute approximate surface area is 144 Å². The number of rotatable bonds is 6. The van der Waals surface area contributed by atoms with E-state index in [1.807, 2.05) is 6.92 Å². The number of carbonyl (C=O) groups excluding carboxylic acids is 1. The number of nitrogens with zero attached hydrogens (tertiary/aromatic N) is 3. The van der Waals surface area contributed by atoms with Crippen LogP contribution in [-0.2, 0) is 0 Å². The third-order valence-electron chi connectivity index (χ3n) is 3.05. The van der Waals surface area contributed by atoms with Crippen LogP contribution >= 0.6 is 0 Å². The van der Waals surface area contributed by atoms with E-state index >= 15 is 0 Å². The van der Waals surface area contributed by atoms with E-state index in [1.165, 1.54) is 31.7 Å². The average Bonchev–Trinajstić information content (AvgIpc) is 2.61. The molecule has 0 aliphatic heterocycles. The van der Waals surface area contributed by atoms with Crippen LogP contribution in [0.4, 0.5) is 4.39 Å². The van der Waals surface area contributed by atoms with Gasteiger partial charge in [0.05, 0.1) is 12.4 Å². The predicted octanol–water partition coefficient (Wildman–Crippen LogP) is 3.72. The molecule has 2 aromatic rings. The molecular formula is C18H17FN4O2. The number of nitrogens with one attached hydrogen (secondary N) is 1. The Hall–Kier alpha value is -3.35. The minimum Gasteiger partial charge on any atom is -0.454 e. The van der Waals surface area contributed by atoms with Crippen molar-refractivity contribution in [1.82, 2.24) is 15.3 Å². The van der Waals surface area contributed by atoms with Gasteiger partial charge in [-0.1, -0.05) is 6.08 Å². The van der Waals surface area contributed by atoms with Gasteiger partial charge in [0.25, 0.3) is 5.91 Å². The molecule has 0 saturated heterocycles. The van der Waals surface area contributed by atoms with Crippen LogP contribution in [0.25, 0.3) is 0 Å². The van der Waals surface area contributed by atoms with Gasteiger partial charge in [-0.3, -0.25) is 4.79 Å². The Morgan fingerprint density at radius 3 is 2.64 bits per heavy atom. The molecule has 128 valence electrons. The highest BCUT2D eigenvalue weighted by atomic mass is 19.1. The largest absolute Gasteiger partial charge is 0.454 e. The lowest BCUT2D eigenvalue weighted by atomic mass is 10.1. The summed E-state index contributed by atoms with van der Waals surface area (Å²) in [6.07, 6.45) is 6.74. The molecule has 0 radical (unpaired) electrons. The summed E-state index contributed by atoms with van der Waals surface area (Å²) in [5.41, 5.74) is 1.15. The SMILES string of the molecule is C=NC(=CC(F)=CC)NC(=O)c1cc(C)cc(Oc2cncnc2)c1. The maximum absolute atomic E-state index is 13.3. The number of aromatic nitrogens is 2. The summed E-state index contributed by atoms with van der Waals surface area (Å²) in [5.74, 6) is -0.0684. The summed E-state index contributed by atoms with van der Waals surface area (Å²) in [5, 5.41) is 2.50. The van der Waals surface area contributed by atoms with Crippen LogP contribution < -0.4 is 10.1 Å². The second-order valence-corrected chi connectivity index (χ2v) is 5.03. The summed E-state index contributed by atoms with van der Waals surface area (Å²) in [7, 11) is 0. The van der Waals surface area contributed by atoms with Crippen molar-refractivity contribution in [1.29, 1.82) is 0 Å². The molecule has 0 aliphatic rings. The minimum absolute atomic E-state index is 0.0148. The molecule has 1 aromatic heterocycles. The van der Waals surface area contributed by atoms with E-state index in [1.54, 1.807) is 18.2 Å². The number of benzene rings is 1. The molecule has 6 nitrogen and oxygen atoms in total. The molecule has 0 aliphatic carbocycles. The third-order valence-corrected chi connectivity index (χ3v) is 3.05. The van der Waals surface area contributed by atoms with Crippen molar-refractivity contribution >= 4 is 12.6 Å². The van der Waals surface area contributed by atoms with Gasteiger partial charge >= 0.3 is 0 Å². The van der Waals surface area contributed by atoms with Gasteiger partial charge in [-0.05, 0) is 44.3 Å². The Morgan fingerprint density at radius 1 is 1.28 bits per heavy atom. The quantitative estimate of drug-likeness (QED) is 0.642. The molecule has 1 amide bonds. The zero-order valence-corrected chi connectivity index (χ0v) is 13.9. The van der Waals surface area contributed by atoms with Crippen LogP contribution in [0.3, 0.4) is 0 Å². The van der Waals surface area contributed by atoms with Gasteiger partial charge in [-0.15, -0.1) is 0 Å². The number of halogens is 1. The van der Waals surface area contributed by atoms with Crippen LogP contribution in [0.1, 0.15) is 22.8 Å². The fraction of sp³-hybridized carbons (Fsp3) is 0.111. The number of aliphatic imine (C=N–C) groups is 1. The Balaban J connectivity index is 2.22. The topological polar surface area (TPSA) is 76.5 Å². The molecular weight excluding hydrogens is 323 g/mol. The Kier molecular flexibility index (Phi) is 6.11. The molecule has 0 unspecified atom stereocenters. The zero-order valence-electron chi connectivity index (χ0n) is 13.9. The van der Waals surface area contributed by atoms with Crippen molar-refractivity contribution in [2.75, 3.05) is 0 Å². The standard InChI is InChI=1S/C18H17FN4O2/c1-4-14(19)8-17(20-3)23-18(24)13-5-12(2)6-15(7-13)25-16-9-21-11-22-10-16/h4-11H,3H2,1-2H3,(H,23,24). The molecule has 2 rings (SSSR count). The average molecular weight is 340 g/mol. The number of amides is 1. The normalized spacial score (nSPS) is 11.8. The second-order valence-electron chi connectivity index (χ2n) is 5.03. The summed E-state index contributed by atoms with van der Waals surface area (Å²) in [6, 6.07) is 5.00. The third kappa shape index (κ3) is 5.35. The first-order valence-electron chi connectivity index (χ1n) is 7.38. The molecule has 0 bridgehead atoms. The molecule has 0 fully saturated rings. The lowest BCUT2D eigenvalue weighted by Gasteiger charge is -2.10. The van der Waals surface area contributed by atoms with Gasteiger partial charge in [0.2, 0.25) is 0 Å². The van der Waals surface area contributed by atoms with Crippen molar-refractivity contribution < 1.29 is 13.9 Å². The smallest absolute Gasteiger partial charge is 0.256 e. The van der Waals surface area contributed by atoms with Gasteiger partial charge in [0.15, 0.2) is 5.75 Å². The molecule has 0 atom stereocenters. The van der Waals surface area contributed by atoms with E-state index in [0.717, 1.165) is 11.6 Å². The fourth-order valence-corrected chi connectivity index (χ4v) is 1.94. The number of hydrogen-bond acceptors (Lipinski definition) is 5. The zero-order chi connectivity index (χ0) is 18.2. The van der Waals surface area contributed by atoms with Crippen molar-refractivity contribution in [3.63, 3.8) is 0 Å². The first kappa shape index (κ1) is 18.0. The summed E-state index contributed by atoms with van der Waals surface area (Å²) >= 11 is 0. The Bertz CT molecular complexity index is 832. The molecule has 1 heterocycles. The first-order chi connectivity index (χ1) is 12.0. The molecule has 25 heavy (non-hydrogen) atoms. The van der Waals surface area contributed by atoms with E-state index in [0.29, 0.717) is 17.1 Å². The van der Waals surface area contributed by atoms with E-state index < -0.39 is 11.7 Å². The van der Waals surface area contributed by atoms with Gasteiger partial charge in [-0.25, -0.2) is 19.4 Å². The minimum atomic E-state index is -0.528. The van der Waals surface area contributed by atoms with Gasteiger partial charge in [-0.2, -0.15) is 0 Å². The fourth-order valence-electron chi connectivity index (χ4n) is 1.94. The number of allylic oxidation sites excluding steroid dienone is 3. The van der Waals surface area contributed by atoms with Crippen molar-refractivity contribution in [2.45, 2.75) is 13.8 Å². The van der Waals surface area contributed by atoms with Gasteiger partial charge in [0.1, 0.15) is 23.7 Å². The predicted molar refractivity (Wildman–Crippen MR) is 93.2 cm³/mol. The van der Waals surface area contributed by atoms with Crippen molar-refractivity contribution in [2.24, 2.45) is 4.99 Å².